The van der Waals surface area contributed by atoms with Crippen molar-refractivity contribution in [3.05, 3.63) is 59.7 Å². The molecule has 3 N–H and O–H groups in total. The summed E-state index contributed by atoms with van der Waals surface area (Å²) in [5, 5.41) is 25.1. The summed E-state index contributed by atoms with van der Waals surface area (Å²) in [6.45, 7) is 8.86. The largest absolute Gasteiger partial charge is 0.507 e. The molecule has 0 radical (unpaired) electrons. The minimum atomic E-state index is -0.621. The van der Waals surface area contributed by atoms with E-state index in [0.717, 1.165) is 74.9 Å². The molecule has 0 aliphatic carbocycles. The Labute approximate surface area is 285 Å². The van der Waals surface area contributed by atoms with Crippen molar-refractivity contribution in [2.45, 2.75) is 63.3 Å². The van der Waals surface area contributed by atoms with Gasteiger partial charge in [0.25, 0.3) is 5.91 Å². The number of likely N-dealkylation sites (tertiary alicyclic amines) is 1. The molecule has 8 rings (SSSR count). The standard InChI is InChI=1S/C36H42N8O5/c1-22(21-49-26-6-7-27-23(16-26)19-44(36(27)48)30-8-9-33(46)38-35(30)47)41-12-10-24(11-13-41)42-14-15-43-25(20-42)18-37-34-31(43)17-29(39-40-34)28-4-2-3-5-32(28)45/h2-7,16-17,22,24-25,30,45H,8-15,18-21H2,1H3,(H,37,40)(H,38,46,47)/t22?,25-,30+/m0/s1. The van der Waals surface area contributed by atoms with E-state index in [1.165, 1.54) is 0 Å². The molecule has 13 heteroatoms. The number of para-hydroxylation sites is 1. The van der Waals surface area contributed by atoms with Gasteiger partial charge in [0.2, 0.25) is 11.8 Å². The van der Waals surface area contributed by atoms with Crippen LogP contribution in [0.4, 0.5) is 11.5 Å². The summed E-state index contributed by atoms with van der Waals surface area (Å²) in [4.78, 5) is 46.2. The Balaban J connectivity index is 0.826. The third kappa shape index (κ3) is 6.05. The van der Waals surface area contributed by atoms with Gasteiger partial charge in [-0.15, -0.1) is 10.2 Å². The van der Waals surface area contributed by atoms with E-state index in [1.54, 1.807) is 17.0 Å². The second kappa shape index (κ2) is 12.9. The molecule has 1 unspecified atom stereocenters. The number of carbonyl (C=O) groups excluding carboxylic acids is 3. The number of benzene rings is 2. The molecule has 3 aromatic rings. The van der Waals surface area contributed by atoms with E-state index in [2.05, 4.69) is 42.5 Å². The summed E-state index contributed by atoms with van der Waals surface area (Å²) in [6, 6.07) is 15.3. The number of nitrogens with zero attached hydrogens (tertiary/aromatic N) is 6. The van der Waals surface area contributed by atoms with Gasteiger partial charge in [-0.3, -0.25) is 29.5 Å². The number of piperazine rings is 1. The summed E-state index contributed by atoms with van der Waals surface area (Å²) >= 11 is 0. The number of phenols is 1. The van der Waals surface area contributed by atoms with E-state index >= 15 is 0 Å². The molecular weight excluding hydrogens is 624 g/mol. The Morgan fingerprint density at radius 2 is 1.78 bits per heavy atom. The third-order valence-corrected chi connectivity index (χ3v) is 10.9. The van der Waals surface area contributed by atoms with Crippen molar-refractivity contribution in [2.24, 2.45) is 0 Å². The lowest BCUT2D eigenvalue weighted by molar-refractivity contribution is -0.136. The molecule has 1 aromatic heterocycles. The maximum atomic E-state index is 13.0. The Bertz CT molecular complexity index is 1780. The first-order valence-corrected chi connectivity index (χ1v) is 17.4. The normalized spacial score (nSPS) is 23.7. The van der Waals surface area contributed by atoms with Gasteiger partial charge in [-0.2, -0.15) is 0 Å². The lowest BCUT2D eigenvalue weighted by Crippen LogP contribution is -2.61. The SMILES string of the molecule is CC(COc1ccc2c(c1)CN([C@@H]1CCC(=O)NC1=O)C2=O)N1CCC(N2CCN3c4cc(-c5ccccc5O)nnc4NC[C@H]3C2)CC1. The number of rotatable bonds is 7. The van der Waals surface area contributed by atoms with Gasteiger partial charge in [0.15, 0.2) is 5.82 Å². The number of ether oxygens (including phenoxy) is 1. The van der Waals surface area contributed by atoms with E-state index in [-0.39, 0.29) is 30.0 Å². The number of fused-ring (bicyclic) bond motifs is 4. The molecule has 0 saturated carbocycles. The molecule has 3 fully saturated rings. The summed E-state index contributed by atoms with van der Waals surface area (Å²) in [5.74, 6) is 0.860. The lowest BCUT2D eigenvalue weighted by atomic mass is 9.98. The predicted molar refractivity (Wildman–Crippen MR) is 182 cm³/mol. The van der Waals surface area contributed by atoms with Gasteiger partial charge in [-0.05, 0) is 68.1 Å². The van der Waals surface area contributed by atoms with Crippen LogP contribution in [0.15, 0.2) is 48.5 Å². The van der Waals surface area contributed by atoms with E-state index in [4.69, 9.17) is 4.74 Å². The lowest BCUT2D eigenvalue weighted by Gasteiger charge is -2.49. The third-order valence-electron chi connectivity index (χ3n) is 10.9. The van der Waals surface area contributed by atoms with E-state index in [9.17, 15) is 19.5 Å². The number of aromatic hydroxyl groups is 1. The van der Waals surface area contributed by atoms with Crippen LogP contribution < -0.4 is 20.3 Å². The number of anilines is 2. The fraction of sp³-hybridized carbons (Fsp3) is 0.472. The first kappa shape index (κ1) is 31.5. The molecule has 3 saturated heterocycles. The van der Waals surface area contributed by atoms with Crippen LogP contribution in [0.25, 0.3) is 11.3 Å². The predicted octanol–water partition coefficient (Wildman–Crippen LogP) is 2.46. The molecule has 5 aliphatic heterocycles. The average Bonchev–Trinajstić information content (AvgIpc) is 3.45. The van der Waals surface area contributed by atoms with Crippen LogP contribution >= 0.6 is 0 Å². The smallest absolute Gasteiger partial charge is 0.255 e. The fourth-order valence-electron chi connectivity index (χ4n) is 8.12. The van der Waals surface area contributed by atoms with Gasteiger partial charge >= 0.3 is 0 Å². The number of nitrogens with one attached hydrogen (secondary N) is 2. The van der Waals surface area contributed by atoms with Crippen molar-refractivity contribution in [1.29, 1.82) is 0 Å². The van der Waals surface area contributed by atoms with Gasteiger partial charge in [0.05, 0.1) is 17.4 Å². The molecule has 2 aromatic carbocycles. The zero-order chi connectivity index (χ0) is 33.6. The first-order valence-electron chi connectivity index (χ1n) is 17.4. The highest BCUT2D eigenvalue weighted by atomic mass is 16.5. The zero-order valence-corrected chi connectivity index (χ0v) is 27.7. The van der Waals surface area contributed by atoms with Crippen LogP contribution in [0.1, 0.15) is 48.5 Å². The highest BCUT2D eigenvalue weighted by Gasteiger charge is 2.40. The molecule has 49 heavy (non-hydrogen) atoms. The van der Waals surface area contributed by atoms with Gasteiger partial charge in [-0.25, -0.2) is 0 Å². The summed E-state index contributed by atoms with van der Waals surface area (Å²) in [6.07, 6.45) is 2.81. The second-order valence-corrected chi connectivity index (χ2v) is 13.8. The van der Waals surface area contributed by atoms with E-state index < -0.39 is 11.9 Å². The Hall–Kier alpha value is -4.75. The second-order valence-electron chi connectivity index (χ2n) is 13.8. The van der Waals surface area contributed by atoms with E-state index in [1.807, 2.05) is 36.4 Å². The number of imide groups is 1. The topological polar surface area (TPSA) is 143 Å². The number of piperidine rings is 2. The number of hydrogen-bond donors (Lipinski definition) is 3. The quantitative estimate of drug-likeness (QED) is 0.320. The Morgan fingerprint density at radius 3 is 2.59 bits per heavy atom. The van der Waals surface area contributed by atoms with E-state index in [0.29, 0.717) is 48.5 Å². The van der Waals surface area contributed by atoms with Gasteiger partial charge < -0.3 is 25.0 Å². The van der Waals surface area contributed by atoms with Crippen LogP contribution in [-0.2, 0) is 16.1 Å². The van der Waals surface area contributed by atoms with Crippen LogP contribution in [0, 0.1) is 0 Å². The van der Waals surface area contributed by atoms with Crippen LogP contribution in [0.3, 0.4) is 0 Å². The molecular formula is C36H42N8O5. The average molecular weight is 667 g/mol. The van der Waals surface area contributed by atoms with Crippen LogP contribution in [0.2, 0.25) is 0 Å². The van der Waals surface area contributed by atoms with Crippen molar-refractivity contribution >= 4 is 29.2 Å². The van der Waals surface area contributed by atoms with Gasteiger partial charge in [0, 0.05) is 75.4 Å². The Morgan fingerprint density at radius 1 is 0.939 bits per heavy atom. The number of phenolic OH excluding ortho intramolecular Hbond substituents is 1. The van der Waals surface area contributed by atoms with Crippen LogP contribution in [-0.4, -0.2) is 118 Å². The molecule has 5 aliphatic rings. The maximum absolute atomic E-state index is 13.0. The molecule has 0 bridgehead atoms. The van der Waals surface area contributed by atoms with Gasteiger partial charge in [0.1, 0.15) is 24.1 Å². The minimum absolute atomic E-state index is 0.175. The molecule has 13 nitrogen and oxygen atoms in total. The van der Waals surface area contributed by atoms with Crippen LogP contribution in [0.5, 0.6) is 11.5 Å². The van der Waals surface area contributed by atoms with Crippen molar-refractivity contribution in [3.63, 3.8) is 0 Å². The highest BCUT2D eigenvalue weighted by molar-refractivity contribution is 6.05. The molecule has 3 atom stereocenters. The fourth-order valence-corrected chi connectivity index (χ4v) is 8.12. The number of aromatic nitrogens is 2. The molecule has 3 amide bonds. The molecule has 256 valence electrons. The monoisotopic (exact) mass is 666 g/mol. The summed E-state index contributed by atoms with van der Waals surface area (Å²) in [7, 11) is 0. The molecule has 6 heterocycles. The zero-order valence-electron chi connectivity index (χ0n) is 27.7. The molecule has 0 spiro atoms. The number of amides is 3. The number of carbonyl (C=O) groups is 3. The van der Waals surface area contributed by atoms with Crippen molar-refractivity contribution in [1.82, 2.24) is 30.2 Å². The number of hydrogen-bond acceptors (Lipinski definition) is 11. The summed E-state index contributed by atoms with van der Waals surface area (Å²) < 4.78 is 6.23. The highest BCUT2D eigenvalue weighted by Crippen LogP contribution is 2.37. The van der Waals surface area contributed by atoms with Crippen molar-refractivity contribution < 1.29 is 24.2 Å². The van der Waals surface area contributed by atoms with Crippen molar-refractivity contribution in [3.8, 4) is 22.8 Å². The summed E-state index contributed by atoms with van der Waals surface area (Å²) in [5.41, 5.74) is 3.85. The Kier molecular flexibility index (Phi) is 8.32. The minimum Gasteiger partial charge on any atom is -0.507 e. The first-order chi connectivity index (χ1) is 23.8. The maximum Gasteiger partial charge on any atom is 0.255 e. The van der Waals surface area contributed by atoms with Crippen molar-refractivity contribution in [2.75, 3.05) is 56.1 Å². The van der Waals surface area contributed by atoms with Gasteiger partial charge in [-0.1, -0.05) is 12.1 Å².